The first-order valence-corrected chi connectivity index (χ1v) is 10.0. The van der Waals surface area contributed by atoms with Crippen LogP contribution in [-0.4, -0.2) is 46.1 Å². The Balaban J connectivity index is 1.99. The third kappa shape index (κ3) is 2.19. The van der Waals surface area contributed by atoms with Crippen LogP contribution in [0.2, 0.25) is 0 Å². The van der Waals surface area contributed by atoms with E-state index in [4.69, 9.17) is 4.74 Å². The van der Waals surface area contributed by atoms with E-state index in [1.807, 2.05) is 27.7 Å². The fraction of sp³-hybridized carbons (Fsp3) is 0.682. The molecule has 0 aromatic heterocycles. The summed E-state index contributed by atoms with van der Waals surface area (Å²) in [5.74, 6) is -1.96. The van der Waals surface area contributed by atoms with Crippen molar-refractivity contribution >= 4 is 17.5 Å². The van der Waals surface area contributed by atoms with Gasteiger partial charge in [0.15, 0.2) is 17.7 Å². The molecule has 0 unspecified atom stereocenters. The van der Waals surface area contributed by atoms with Crippen LogP contribution in [0, 0.1) is 22.7 Å². The van der Waals surface area contributed by atoms with E-state index in [2.05, 4.69) is 0 Å². The van der Waals surface area contributed by atoms with Gasteiger partial charge in [-0.3, -0.25) is 14.4 Å². The van der Waals surface area contributed by atoms with Crippen LogP contribution in [0.4, 0.5) is 0 Å². The maximum atomic E-state index is 13.5. The number of allylic oxidation sites excluding steroid dienone is 1. The molecule has 0 aromatic rings. The lowest BCUT2D eigenvalue weighted by molar-refractivity contribution is -0.159. The zero-order chi connectivity index (χ0) is 20.8. The van der Waals surface area contributed by atoms with E-state index in [-0.39, 0.29) is 22.8 Å². The van der Waals surface area contributed by atoms with Crippen molar-refractivity contribution < 1.29 is 29.3 Å². The van der Waals surface area contributed by atoms with Crippen LogP contribution in [0.5, 0.6) is 0 Å². The number of Topliss-reactive ketones (excluding diaryl/α,β-unsaturated/α-hetero) is 2. The average Bonchev–Trinajstić information content (AvgIpc) is 3.29. The highest BCUT2D eigenvalue weighted by molar-refractivity contribution is 6.19. The minimum absolute atomic E-state index is 0.119. The van der Waals surface area contributed by atoms with Gasteiger partial charge in [0, 0.05) is 29.4 Å². The molecule has 4 aliphatic rings. The first kappa shape index (κ1) is 19.5. The molecule has 0 amide bonds. The van der Waals surface area contributed by atoms with Gasteiger partial charge in [-0.1, -0.05) is 25.0 Å². The molecule has 2 N–H and O–H groups in total. The van der Waals surface area contributed by atoms with Gasteiger partial charge in [-0.2, -0.15) is 0 Å². The Hall–Kier alpha value is -1.79. The van der Waals surface area contributed by atoms with Gasteiger partial charge in [-0.15, -0.1) is 0 Å². The second-order valence-corrected chi connectivity index (χ2v) is 9.41. The second-order valence-electron chi connectivity index (χ2n) is 9.41. The van der Waals surface area contributed by atoms with Gasteiger partial charge >= 0.3 is 5.97 Å². The van der Waals surface area contributed by atoms with Crippen LogP contribution in [0.3, 0.4) is 0 Å². The van der Waals surface area contributed by atoms with Gasteiger partial charge < -0.3 is 14.9 Å². The zero-order valence-corrected chi connectivity index (χ0v) is 17.0. The van der Waals surface area contributed by atoms with Gasteiger partial charge in [0.2, 0.25) is 0 Å². The first-order chi connectivity index (χ1) is 13.0. The second kappa shape index (κ2) is 5.86. The van der Waals surface area contributed by atoms with Crippen LogP contribution in [0.1, 0.15) is 53.9 Å². The summed E-state index contributed by atoms with van der Waals surface area (Å²) in [6, 6.07) is 0. The van der Waals surface area contributed by atoms with Crippen LogP contribution >= 0.6 is 0 Å². The molecule has 0 bridgehead atoms. The molecule has 4 aliphatic carbocycles. The van der Waals surface area contributed by atoms with E-state index in [0.717, 1.165) is 17.6 Å². The van der Waals surface area contributed by atoms with Crippen molar-refractivity contribution in [3.05, 3.63) is 22.3 Å². The zero-order valence-electron chi connectivity index (χ0n) is 17.0. The lowest BCUT2D eigenvalue weighted by Crippen LogP contribution is -2.60. The molecule has 1 saturated carbocycles. The van der Waals surface area contributed by atoms with Crippen LogP contribution in [0.25, 0.3) is 0 Å². The monoisotopic (exact) mass is 388 g/mol. The highest BCUT2D eigenvalue weighted by Crippen LogP contribution is 2.64. The summed E-state index contributed by atoms with van der Waals surface area (Å²) in [4.78, 5) is 38.7. The van der Waals surface area contributed by atoms with Gasteiger partial charge in [0.25, 0.3) is 0 Å². The Morgan fingerprint density at radius 3 is 2.36 bits per heavy atom. The third-order valence-corrected chi connectivity index (χ3v) is 7.93. The number of hydrogen-bond acceptors (Lipinski definition) is 6. The largest absolute Gasteiger partial charge is 0.455 e. The smallest absolute Gasteiger partial charge is 0.303 e. The normalized spacial score (nSPS) is 45.2. The number of esters is 1. The van der Waals surface area contributed by atoms with Crippen LogP contribution in [-0.2, 0) is 19.1 Å². The number of carbonyl (C=O) groups excluding carboxylic acids is 3. The fourth-order valence-corrected chi connectivity index (χ4v) is 6.11. The van der Waals surface area contributed by atoms with Crippen molar-refractivity contribution in [3.8, 4) is 0 Å². The lowest BCUT2D eigenvalue weighted by Gasteiger charge is -2.54. The van der Waals surface area contributed by atoms with E-state index in [0.29, 0.717) is 12.8 Å². The molecule has 6 heteroatoms. The maximum absolute atomic E-state index is 13.5. The molecule has 7 atom stereocenters. The number of carbonyl (C=O) groups is 3. The molecule has 0 saturated heterocycles. The summed E-state index contributed by atoms with van der Waals surface area (Å²) in [6.45, 7) is 8.88. The highest BCUT2D eigenvalue weighted by atomic mass is 16.6. The van der Waals surface area contributed by atoms with Gasteiger partial charge in [-0.05, 0) is 39.0 Å². The molecule has 1 spiro atoms. The SMILES string of the molecule is CC(=O)O[C@H]1C2=C(C(=O)[C@H](O)[C@@]3(C[C@@H]3C)C2=O)[C@@]2(C)CCC(C)=C(C)[C@@H]2[C@@H]1O. The topological polar surface area (TPSA) is 101 Å². The molecule has 152 valence electrons. The van der Waals surface area contributed by atoms with E-state index >= 15 is 0 Å². The van der Waals surface area contributed by atoms with E-state index in [1.165, 1.54) is 6.92 Å². The number of ether oxygens (including phenoxy) is 1. The van der Waals surface area contributed by atoms with Gasteiger partial charge in [0.05, 0.1) is 5.41 Å². The Kier molecular flexibility index (Phi) is 4.09. The Morgan fingerprint density at radius 2 is 1.82 bits per heavy atom. The average molecular weight is 388 g/mol. The van der Waals surface area contributed by atoms with Crippen molar-refractivity contribution in [2.45, 2.75) is 72.2 Å². The molecular formula is C22H28O6. The Labute approximate surface area is 164 Å². The number of rotatable bonds is 1. The Morgan fingerprint density at radius 1 is 1.21 bits per heavy atom. The molecule has 1 fully saturated rings. The van der Waals surface area contributed by atoms with Gasteiger partial charge in [0.1, 0.15) is 12.2 Å². The number of ketones is 2. The van der Waals surface area contributed by atoms with Crippen LogP contribution < -0.4 is 0 Å². The molecule has 0 aliphatic heterocycles. The number of aliphatic hydroxyl groups excluding tert-OH is 2. The quantitative estimate of drug-likeness (QED) is 0.525. The standard InChI is InChI=1S/C22H28O6/c1-9-6-7-21(5)14(11(9)3)16(24)18(28-12(4)23)13-15(21)17(25)20(27)22(19(13)26)8-10(22)2/h10,14,16,18,20,24,27H,6-8H2,1-5H3/t10-,14+,16-,18-,20-,21-,22+/m0/s1. The molecule has 6 nitrogen and oxygen atoms in total. The molecule has 0 heterocycles. The summed E-state index contributed by atoms with van der Waals surface area (Å²) in [5, 5.41) is 22.1. The summed E-state index contributed by atoms with van der Waals surface area (Å²) >= 11 is 0. The van der Waals surface area contributed by atoms with Crippen molar-refractivity contribution in [2.24, 2.45) is 22.7 Å². The van der Waals surface area contributed by atoms with E-state index in [9.17, 15) is 24.6 Å². The highest BCUT2D eigenvalue weighted by Gasteiger charge is 2.71. The summed E-state index contributed by atoms with van der Waals surface area (Å²) in [5.41, 5.74) is 0.570. The maximum Gasteiger partial charge on any atom is 0.303 e. The lowest BCUT2D eigenvalue weighted by atomic mass is 9.51. The molecular weight excluding hydrogens is 360 g/mol. The van der Waals surface area contributed by atoms with Crippen molar-refractivity contribution in [1.82, 2.24) is 0 Å². The van der Waals surface area contributed by atoms with Crippen molar-refractivity contribution in [1.29, 1.82) is 0 Å². The van der Waals surface area contributed by atoms with E-state index < -0.39 is 46.8 Å². The first-order valence-electron chi connectivity index (χ1n) is 10.0. The van der Waals surface area contributed by atoms with Gasteiger partial charge in [-0.25, -0.2) is 0 Å². The number of fused-ring (bicyclic) bond motifs is 2. The summed E-state index contributed by atoms with van der Waals surface area (Å²) in [7, 11) is 0. The molecule has 0 radical (unpaired) electrons. The molecule has 28 heavy (non-hydrogen) atoms. The van der Waals surface area contributed by atoms with E-state index in [1.54, 1.807) is 0 Å². The number of hydrogen-bond donors (Lipinski definition) is 2. The van der Waals surface area contributed by atoms with Crippen molar-refractivity contribution in [3.63, 3.8) is 0 Å². The molecule has 4 rings (SSSR count). The number of aliphatic hydroxyl groups is 2. The predicted molar refractivity (Wildman–Crippen MR) is 100 cm³/mol. The van der Waals surface area contributed by atoms with Crippen molar-refractivity contribution in [2.75, 3.05) is 0 Å². The summed E-state index contributed by atoms with van der Waals surface area (Å²) in [6.07, 6.45) is -1.89. The van der Waals surface area contributed by atoms with Crippen LogP contribution in [0.15, 0.2) is 22.3 Å². The molecule has 0 aromatic carbocycles. The minimum Gasteiger partial charge on any atom is -0.455 e. The fourth-order valence-electron chi connectivity index (χ4n) is 6.11. The Bertz CT molecular complexity index is 866. The minimum atomic E-state index is -1.37. The summed E-state index contributed by atoms with van der Waals surface area (Å²) < 4.78 is 5.44. The predicted octanol–water partition coefficient (Wildman–Crippen LogP) is 1.88. The third-order valence-electron chi connectivity index (χ3n) is 7.93.